The summed E-state index contributed by atoms with van der Waals surface area (Å²) in [5, 5.41) is 37.6. The minimum atomic E-state index is -0.592. The van der Waals surface area contributed by atoms with Gasteiger partial charge in [0.05, 0.1) is 22.8 Å². The Bertz CT molecular complexity index is 1540. The molecule has 4 aromatic rings. The van der Waals surface area contributed by atoms with Gasteiger partial charge in [0.2, 0.25) is 11.8 Å². The van der Waals surface area contributed by atoms with E-state index < -0.39 is 11.9 Å². The lowest BCUT2D eigenvalue weighted by atomic mass is 9.90. The van der Waals surface area contributed by atoms with Gasteiger partial charge in [-0.05, 0) is 29.1 Å². The first kappa shape index (κ1) is 23.1. The van der Waals surface area contributed by atoms with Gasteiger partial charge in [0.25, 0.3) is 5.95 Å². The largest absolute Gasteiger partial charge is 0.480 e. The number of hydrogen-bond acceptors (Lipinski definition) is 9. The fourth-order valence-electron chi connectivity index (χ4n) is 3.66. The third-order valence-corrected chi connectivity index (χ3v) is 8.37. The molecule has 1 unspecified atom stereocenters. The van der Waals surface area contributed by atoms with Gasteiger partial charge in [-0.25, -0.2) is 4.98 Å². The van der Waals surface area contributed by atoms with Gasteiger partial charge in [-0.2, -0.15) is 10.5 Å². The van der Waals surface area contributed by atoms with E-state index in [9.17, 15) is 20.4 Å². The van der Waals surface area contributed by atoms with E-state index in [0.717, 1.165) is 16.0 Å². The zero-order valence-corrected chi connectivity index (χ0v) is 20.8. The minimum Gasteiger partial charge on any atom is -0.480 e. The number of anilines is 1. The minimum absolute atomic E-state index is 0.0535. The molecule has 5 rings (SSSR count). The van der Waals surface area contributed by atoms with E-state index in [1.807, 2.05) is 29.0 Å². The molecule has 0 fully saturated rings. The van der Waals surface area contributed by atoms with Crippen molar-refractivity contribution >= 4 is 56.5 Å². The van der Waals surface area contributed by atoms with Crippen molar-refractivity contribution < 1.29 is 14.6 Å². The first-order chi connectivity index (χ1) is 17.0. The van der Waals surface area contributed by atoms with Gasteiger partial charge in [-0.3, -0.25) is 4.79 Å². The summed E-state index contributed by atoms with van der Waals surface area (Å²) < 4.78 is 5.39. The molecule has 3 aromatic heterocycles. The highest BCUT2D eigenvalue weighted by Gasteiger charge is 2.35. The van der Waals surface area contributed by atoms with E-state index in [1.54, 1.807) is 24.3 Å². The summed E-state index contributed by atoms with van der Waals surface area (Å²) in [4.78, 5) is 18.8. The number of rotatable bonds is 5. The first-order valence-corrected chi connectivity index (χ1v) is 13.0. The molecule has 7 nitrogen and oxygen atoms in total. The van der Waals surface area contributed by atoms with E-state index in [4.69, 9.17) is 16.3 Å². The van der Waals surface area contributed by atoms with Crippen molar-refractivity contribution in [3.8, 4) is 28.5 Å². The third-order valence-electron chi connectivity index (χ3n) is 5.22. The van der Waals surface area contributed by atoms with Crippen LogP contribution in [-0.2, 0) is 11.2 Å². The molecule has 172 valence electrons. The van der Waals surface area contributed by atoms with Crippen molar-refractivity contribution in [1.29, 1.82) is 10.5 Å². The summed E-state index contributed by atoms with van der Waals surface area (Å²) in [6, 6.07) is 15.0. The van der Waals surface area contributed by atoms with E-state index in [2.05, 4.69) is 16.4 Å². The SMILES string of the molecule is N#CC1=C(O)Oc2nc(CC(=O)Nc3scc(-c4cccs4)c3C#N)sc2C1c1ccc(Cl)cc1. The Morgan fingerprint density at radius 2 is 2.00 bits per heavy atom. The average molecular weight is 537 g/mol. The molecule has 4 heterocycles. The number of thiazole rings is 1. The highest BCUT2D eigenvalue weighted by molar-refractivity contribution is 7.17. The molecule has 0 bridgehead atoms. The van der Waals surface area contributed by atoms with Crippen LogP contribution in [0.1, 0.15) is 26.9 Å². The van der Waals surface area contributed by atoms with Crippen LogP contribution < -0.4 is 10.1 Å². The van der Waals surface area contributed by atoms with Crippen molar-refractivity contribution in [2.45, 2.75) is 12.3 Å². The van der Waals surface area contributed by atoms with Crippen LogP contribution in [0.5, 0.6) is 5.88 Å². The predicted molar refractivity (Wildman–Crippen MR) is 136 cm³/mol. The Morgan fingerprint density at radius 1 is 1.20 bits per heavy atom. The number of nitrogens with zero attached hydrogens (tertiary/aromatic N) is 3. The molecule has 0 saturated heterocycles. The van der Waals surface area contributed by atoms with Crippen LogP contribution in [0.2, 0.25) is 5.02 Å². The number of carbonyl (C=O) groups is 1. The molecule has 1 aliphatic rings. The van der Waals surface area contributed by atoms with E-state index in [1.165, 1.54) is 34.0 Å². The molecule has 0 aliphatic carbocycles. The third kappa shape index (κ3) is 4.41. The topological polar surface area (TPSA) is 119 Å². The van der Waals surface area contributed by atoms with Crippen LogP contribution in [0.3, 0.4) is 0 Å². The van der Waals surface area contributed by atoms with Crippen molar-refractivity contribution in [3.05, 3.63) is 84.7 Å². The summed E-state index contributed by atoms with van der Waals surface area (Å²) in [5.74, 6) is -1.29. The van der Waals surface area contributed by atoms with Crippen molar-refractivity contribution in [3.63, 3.8) is 0 Å². The maximum absolute atomic E-state index is 12.8. The zero-order valence-electron chi connectivity index (χ0n) is 17.6. The Morgan fingerprint density at radius 3 is 2.69 bits per heavy atom. The number of fused-ring (bicyclic) bond motifs is 1. The number of amides is 1. The number of aliphatic hydroxyl groups excluding tert-OH is 1. The summed E-state index contributed by atoms with van der Waals surface area (Å²) >= 11 is 10.0. The normalized spacial score (nSPS) is 14.5. The summed E-state index contributed by atoms with van der Waals surface area (Å²) in [5.41, 5.74) is 2.00. The molecule has 0 radical (unpaired) electrons. The second kappa shape index (κ2) is 9.53. The quantitative estimate of drug-likeness (QED) is 0.302. The molecule has 1 aromatic carbocycles. The standard InChI is InChI=1S/C24H13ClN4O3S3/c25-13-5-3-12(4-6-13)20-15(10-27)24(31)32-22-21(20)35-19(29-22)8-18(30)28-23-14(9-26)16(11-34-23)17-2-1-7-33-17/h1-7,11,20,31H,8H2,(H,28,30). The van der Waals surface area contributed by atoms with Crippen LogP contribution in [0.25, 0.3) is 10.4 Å². The van der Waals surface area contributed by atoms with E-state index in [0.29, 0.717) is 25.5 Å². The van der Waals surface area contributed by atoms with Gasteiger partial charge in [-0.1, -0.05) is 29.8 Å². The number of halogens is 1. The van der Waals surface area contributed by atoms with Gasteiger partial charge in [-0.15, -0.1) is 34.0 Å². The highest BCUT2D eigenvalue weighted by atomic mass is 35.5. The monoisotopic (exact) mass is 536 g/mol. The lowest BCUT2D eigenvalue weighted by Gasteiger charge is -2.21. The first-order valence-electron chi connectivity index (χ1n) is 10.1. The molecule has 0 saturated carbocycles. The van der Waals surface area contributed by atoms with Crippen LogP contribution >= 0.6 is 45.6 Å². The van der Waals surface area contributed by atoms with Crippen LogP contribution in [-0.4, -0.2) is 16.0 Å². The van der Waals surface area contributed by atoms with Gasteiger partial charge in [0.15, 0.2) is 0 Å². The number of aromatic nitrogens is 1. The number of ether oxygens (including phenoxy) is 1. The molecule has 1 amide bonds. The Balaban J connectivity index is 1.40. The molecule has 1 aliphatic heterocycles. The molecule has 11 heteroatoms. The molecular formula is C24H13ClN4O3S3. The van der Waals surface area contributed by atoms with Gasteiger partial charge >= 0.3 is 0 Å². The molecule has 0 spiro atoms. The fraction of sp³-hybridized carbons (Fsp3) is 0.0833. The van der Waals surface area contributed by atoms with Gasteiger partial charge in [0.1, 0.15) is 27.7 Å². The maximum Gasteiger partial charge on any atom is 0.298 e. The van der Waals surface area contributed by atoms with Crippen LogP contribution in [0.15, 0.2) is 58.7 Å². The van der Waals surface area contributed by atoms with E-state index in [-0.39, 0.29) is 23.8 Å². The fourth-order valence-corrected chi connectivity index (χ4v) is 6.67. The van der Waals surface area contributed by atoms with Crippen molar-refractivity contribution in [2.24, 2.45) is 0 Å². The van der Waals surface area contributed by atoms with E-state index >= 15 is 0 Å². The van der Waals surface area contributed by atoms with Crippen LogP contribution in [0, 0.1) is 22.7 Å². The van der Waals surface area contributed by atoms with Crippen LogP contribution in [0.4, 0.5) is 5.00 Å². The number of nitriles is 2. The Labute approximate surface area is 216 Å². The number of carbonyl (C=O) groups excluding carboxylic acids is 1. The molecule has 2 N–H and O–H groups in total. The smallest absolute Gasteiger partial charge is 0.298 e. The number of benzene rings is 1. The number of nitrogens with one attached hydrogen (secondary N) is 1. The maximum atomic E-state index is 12.8. The van der Waals surface area contributed by atoms with Crippen molar-refractivity contribution in [1.82, 2.24) is 4.98 Å². The Kier molecular flexibility index (Phi) is 6.29. The zero-order chi connectivity index (χ0) is 24.5. The number of allylic oxidation sites excluding steroid dienone is 1. The number of thiophene rings is 2. The van der Waals surface area contributed by atoms with Gasteiger partial charge in [0, 0.05) is 20.8 Å². The second-order valence-corrected chi connectivity index (χ2v) is 10.7. The Hall–Kier alpha value is -3.67. The second-order valence-electron chi connectivity index (χ2n) is 7.36. The molecule has 1 atom stereocenters. The summed E-state index contributed by atoms with van der Waals surface area (Å²) in [6.45, 7) is 0. The predicted octanol–water partition coefficient (Wildman–Crippen LogP) is 6.46. The highest BCUT2D eigenvalue weighted by Crippen LogP contribution is 2.45. The lowest BCUT2D eigenvalue weighted by molar-refractivity contribution is -0.115. The van der Waals surface area contributed by atoms with Crippen molar-refractivity contribution in [2.75, 3.05) is 5.32 Å². The summed E-state index contributed by atoms with van der Waals surface area (Å²) in [7, 11) is 0. The van der Waals surface area contributed by atoms with Gasteiger partial charge < -0.3 is 15.2 Å². The average Bonchev–Trinajstić information content (AvgIpc) is 3.58. The molecule has 35 heavy (non-hydrogen) atoms. The lowest BCUT2D eigenvalue weighted by Crippen LogP contribution is -2.15. The number of aliphatic hydroxyl groups is 1. The number of hydrogen-bond donors (Lipinski definition) is 2. The molecular weight excluding hydrogens is 524 g/mol. The summed E-state index contributed by atoms with van der Waals surface area (Å²) in [6.07, 6.45) is -0.0614.